The molecule has 9 aromatic carbocycles. The van der Waals surface area contributed by atoms with Gasteiger partial charge in [-0.2, -0.15) is 0 Å². The van der Waals surface area contributed by atoms with Crippen molar-refractivity contribution >= 4 is 44.7 Å². The van der Waals surface area contributed by atoms with Crippen LogP contribution >= 0.6 is 0 Å². The Hall–Kier alpha value is -7.75. The summed E-state index contributed by atoms with van der Waals surface area (Å²) >= 11 is 0. The maximum atomic E-state index is 14.1. The van der Waals surface area contributed by atoms with Crippen molar-refractivity contribution in [2.75, 3.05) is 4.90 Å². The molecule has 0 bridgehead atoms. The fourth-order valence-electron chi connectivity index (χ4n) is 11.5. The maximum absolute atomic E-state index is 14.1. The third-order valence-electron chi connectivity index (χ3n) is 14.4. The summed E-state index contributed by atoms with van der Waals surface area (Å²) in [5.74, 6) is 0.0876. The molecule has 12 rings (SSSR count). The first-order chi connectivity index (χ1) is 31.9. The van der Waals surface area contributed by atoms with Gasteiger partial charge in [0.15, 0.2) is 5.78 Å². The summed E-state index contributed by atoms with van der Waals surface area (Å²) in [4.78, 5) is 16.5. The van der Waals surface area contributed by atoms with E-state index in [9.17, 15) is 4.79 Å². The lowest BCUT2D eigenvalue weighted by Crippen LogP contribution is -2.30. The minimum Gasteiger partial charge on any atom is -0.310 e. The van der Waals surface area contributed by atoms with Crippen LogP contribution < -0.4 is 4.90 Å². The lowest BCUT2D eigenvalue weighted by Gasteiger charge is -2.34. The van der Waals surface area contributed by atoms with E-state index in [1.807, 2.05) is 12.1 Å². The molecule has 0 radical (unpaired) electrons. The van der Waals surface area contributed by atoms with Crippen molar-refractivity contribution in [3.05, 3.63) is 262 Å². The van der Waals surface area contributed by atoms with E-state index in [0.717, 1.165) is 68.9 Å². The number of carbonyl (C=O) groups is 1. The fourth-order valence-corrected chi connectivity index (χ4v) is 11.5. The van der Waals surface area contributed by atoms with E-state index >= 15 is 0 Å². The van der Waals surface area contributed by atoms with E-state index < -0.39 is 5.41 Å². The molecule has 2 aliphatic carbocycles. The van der Waals surface area contributed by atoms with E-state index in [4.69, 9.17) is 0 Å². The van der Waals surface area contributed by atoms with Crippen molar-refractivity contribution in [1.29, 1.82) is 0 Å². The van der Waals surface area contributed by atoms with E-state index in [2.05, 4.69) is 230 Å². The van der Waals surface area contributed by atoms with Gasteiger partial charge in [0.1, 0.15) is 0 Å². The third kappa shape index (κ3) is 5.71. The second-order valence-electron chi connectivity index (χ2n) is 18.3. The zero-order valence-corrected chi connectivity index (χ0v) is 36.9. The van der Waals surface area contributed by atoms with Gasteiger partial charge < -0.3 is 9.47 Å². The van der Waals surface area contributed by atoms with Crippen molar-refractivity contribution in [2.24, 2.45) is 0 Å². The minimum absolute atomic E-state index is 0.0876. The number of hydrogen-bond acceptors (Lipinski definition) is 2. The smallest absolute Gasteiger partial charge is 0.193 e. The average molecular weight is 837 g/mol. The maximum Gasteiger partial charge on any atom is 0.193 e. The number of nitrogens with zero attached hydrogens (tertiary/aromatic N) is 2. The number of fused-ring (bicyclic) bond motifs is 9. The number of aryl methyl sites for hydroxylation is 1. The molecule has 0 fully saturated rings. The van der Waals surface area contributed by atoms with Crippen molar-refractivity contribution in [3.63, 3.8) is 0 Å². The van der Waals surface area contributed by atoms with Gasteiger partial charge >= 0.3 is 0 Å². The largest absolute Gasteiger partial charge is 0.310 e. The molecular formula is C62H48N2O. The van der Waals surface area contributed by atoms with Crippen LogP contribution in [0.2, 0.25) is 0 Å². The first-order valence-electron chi connectivity index (χ1n) is 23.0. The summed E-state index contributed by atoms with van der Waals surface area (Å²) in [7, 11) is 0. The molecular weight excluding hydrogens is 789 g/mol. The fraction of sp³-hybridized carbons (Fsp3) is 0.113. The van der Waals surface area contributed by atoms with Gasteiger partial charge in [0.05, 0.1) is 16.4 Å². The van der Waals surface area contributed by atoms with Gasteiger partial charge in [-0.3, -0.25) is 4.79 Å². The summed E-state index contributed by atoms with van der Waals surface area (Å²) in [5.41, 5.74) is 18.2. The zero-order valence-electron chi connectivity index (χ0n) is 36.9. The second kappa shape index (κ2) is 14.9. The Balaban J connectivity index is 1.19. The van der Waals surface area contributed by atoms with Crippen LogP contribution in [-0.2, 0) is 17.3 Å². The van der Waals surface area contributed by atoms with Crippen molar-refractivity contribution in [1.82, 2.24) is 4.57 Å². The molecule has 312 valence electrons. The van der Waals surface area contributed by atoms with Crippen molar-refractivity contribution in [3.8, 4) is 16.8 Å². The first-order valence-corrected chi connectivity index (χ1v) is 23.0. The molecule has 0 saturated carbocycles. The van der Waals surface area contributed by atoms with Gasteiger partial charge in [0.25, 0.3) is 0 Å². The number of hydrogen-bond donors (Lipinski definition) is 0. The Morgan fingerprint density at radius 2 is 1.06 bits per heavy atom. The molecule has 1 unspecified atom stereocenters. The monoisotopic (exact) mass is 836 g/mol. The normalized spacial score (nSPS) is 15.6. The number of ketones is 1. The van der Waals surface area contributed by atoms with E-state index in [0.29, 0.717) is 0 Å². The molecule has 0 N–H and O–H groups in total. The highest BCUT2D eigenvalue weighted by Gasteiger charge is 2.47. The SMILES string of the molecule is CCCc1ccc(C2(c3ccccc3)c3ccccc3-c3c2ccc2c3c3cc(N(c4ccccc4)c4ccccc4)ccc3n2-c2ccc3c(c2)C(C)(C)c2ccccc2C3=O)cc1. The summed E-state index contributed by atoms with van der Waals surface area (Å²) in [6, 6.07) is 77.3. The van der Waals surface area contributed by atoms with Crippen LogP contribution in [0, 0.1) is 0 Å². The minimum atomic E-state index is -0.554. The molecule has 2 aliphatic rings. The van der Waals surface area contributed by atoms with Gasteiger partial charge in [-0.25, -0.2) is 0 Å². The Bertz CT molecular complexity index is 3430. The van der Waals surface area contributed by atoms with Gasteiger partial charge in [0.2, 0.25) is 0 Å². The van der Waals surface area contributed by atoms with Crippen LogP contribution in [0.4, 0.5) is 17.1 Å². The predicted molar refractivity (Wildman–Crippen MR) is 269 cm³/mol. The van der Waals surface area contributed by atoms with Gasteiger partial charge in [0, 0.05) is 50.1 Å². The number of rotatable bonds is 8. The molecule has 1 heterocycles. The molecule has 0 saturated heterocycles. The lowest BCUT2D eigenvalue weighted by molar-refractivity contribution is 0.103. The summed E-state index contributed by atoms with van der Waals surface area (Å²) in [6.45, 7) is 6.75. The Labute approximate surface area is 380 Å². The standard InChI is InChI=1S/C62H48N2O/c1-4-18-41-29-31-43(32-30-41)62(42-19-8-5-9-20-42)53-28-17-14-25-48(53)58-54(62)36-38-57-59(58)51-39-46(63(44-21-10-6-11-22-44)45-23-12-7-13-24-45)34-37-56(51)64(57)47-33-35-50-55(40-47)61(2,3)52-27-16-15-26-49(52)60(50)65/h5-17,19-40H,4,18H2,1-3H3. The highest BCUT2D eigenvalue weighted by Crippen LogP contribution is 2.59. The Kier molecular flexibility index (Phi) is 8.93. The highest BCUT2D eigenvalue weighted by atomic mass is 16.1. The first kappa shape index (κ1) is 38.9. The molecule has 3 heteroatoms. The Morgan fingerprint density at radius 3 is 1.75 bits per heavy atom. The number of anilines is 3. The van der Waals surface area contributed by atoms with Crippen LogP contribution in [0.3, 0.4) is 0 Å². The molecule has 0 spiro atoms. The third-order valence-corrected chi connectivity index (χ3v) is 14.4. The number of benzene rings is 9. The molecule has 3 nitrogen and oxygen atoms in total. The molecule has 1 aromatic heterocycles. The molecule has 0 amide bonds. The zero-order chi connectivity index (χ0) is 43.9. The van der Waals surface area contributed by atoms with Gasteiger partial charge in [-0.15, -0.1) is 0 Å². The quantitative estimate of drug-likeness (QED) is 0.152. The van der Waals surface area contributed by atoms with Crippen LogP contribution in [0.1, 0.15) is 82.1 Å². The van der Waals surface area contributed by atoms with Gasteiger partial charge in [-0.1, -0.05) is 173 Å². The number of aromatic nitrogens is 1. The molecule has 0 aliphatic heterocycles. The second-order valence-corrected chi connectivity index (χ2v) is 18.3. The molecule has 10 aromatic rings. The van der Waals surface area contributed by atoms with Crippen molar-refractivity contribution in [2.45, 2.75) is 44.4 Å². The topological polar surface area (TPSA) is 25.2 Å². The summed E-state index contributed by atoms with van der Waals surface area (Å²) < 4.78 is 2.44. The highest BCUT2D eigenvalue weighted by molar-refractivity contribution is 6.19. The van der Waals surface area contributed by atoms with Crippen LogP contribution in [-0.4, -0.2) is 10.4 Å². The Morgan fingerprint density at radius 1 is 0.477 bits per heavy atom. The average Bonchev–Trinajstić information content (AvgIpc) is 3.85. The van der Waals surface area contributed by atoms with E-state index in [1.54, 1.807) is 0 Å². The molecule has 65 heavy (non-hydrogen) atoms. The van der Waals surface area contributed by atoms with Crippen LogP contribution in [0.5, 0.6) is 0 Å². The lowest BCUT2D eigenvalue weighted by atomic mass is 9.67. The van der Waals surface area contributed by atoms with Crippen LogP contribution in [0.15, 0.2) is 212 Å². The summed E-state index contributed by atoms with van der Waals surface area (Å²) in [5, 5.41) is 2.38. The molecule has 1 atom stereocenters. The van der Waals surface area contributed by atoms with Crippen molar-refractivity contribution < 1.29 is 4.79 Å². The van der Waals surface area contributed by atoms with Gasteiger partial charge in [-0.05, 0) is 123 Å². The number of para-hydroxylation sites is 2. The van der Waals surface area contributed by atoms with Crippen LogP contribution in [0.25, 0.3) is 38.6 Å². The predicted octanol–water partition coefficient (Wildman–Crippen LogP) is 15.4. The van der Waals surface area contributed by atoms with E-state index in [-0.39, 0.29) is 11.2 Å². The summed E-state index contributed by atoms with van der Waals surface area (Å²) in [6.07, 6.45) is 2.16. The van der Waals surface area contributed by atoms with E-state index in [1.165, 1.54) is 49.7 Å². The number of carbonyl (C=O) groups excluding carboxylic acids is 1.